The first-order valence-electron chi connectivity index (χ1n) is 6.29. The number of hydrogen-bond acceptors (Lipinski definition) is 3. The Hall–Kier alpha value is -2.38. The van der Waals surface area contributed by atoms with Gasteiger partial charge in [-0.3, -0.25) is 0 Å². The zero-order valence-corrected chi connectivity index (χ0v) is 11.7. The minimum atomic E-state index is -4.65. The van der Waals surface area contributed by atoms with Crippen LogP contribution in [-0.4, -0.2) is 28.0 Å². The SMILES string of the molecule is Cc1c(C(=O)OC(C)C(F)(F)F)cnn1-c1ccccc1F. The normalized spacial score (nSPS) is 13.0. The molecule has 0 aliphatic heterocycles. The molecule has 1 aromatic heterocycles. The van der Waals surface area contributed by atoms with Gasteiger partial charge in [0.1, 0.15) is 17.1 Å². The molecule has 0 saturated carbocycles. The van der Waals surface area contributed by atoms with Gasteiger partial charge >= 0.3 is 12.1 Å². The Morgan fingerprint density at radius 1 is 1.32 bits per heavy atom. The van der Waals surface area contributed by atoms with Crippen molar-refractivity contribution in [3.05, 3.63) is 47.5 Å². The van der Waals surface area contributed by atoms with Gasteiger partial charge < -0.3 is 4.74 Å². The van der Waals surface area contributed by atoms with Crippen molar-refractivity contribution in [3.8, 4) is 5.69 Å². The fourth-order valence-corrected chi connectivity index (χ4v) is 1.77. The molecule has 4 nitrogen and oxygen atoms in total. The van der Waals surface area contributed by atoms with E-state index in [0.29, 0.717) is 0 Å². The summed E-state index contributed by atoms with van der Waals surface area (Å²) in [5.41, 5.74) is 0.117. The Labute approximate surface area is 123 Å². The Balaban J connectivity index is 2.29. The number of benzene rings is 1. The number of hydrogen-bond donors (Lipinski definition) is 0. The van der Waals surface area contributed by atoms with Gasteiger partial charge in [-0.2, -0.15) is 18.3 Å². The maximum atomic E-state index is 13.7. The molecule has 2 rings (SSSR count). The topological polar surface area (TPSA) is 44.1 Å². The number of carbonyl (C=O) groups excluding carboxylic acids is 1. The fraction of sp³-hybridized carbons (Fsp3) is 0.286. The molecule has 0 aliphatic rings. The minimum Gasteiger partial charge on any atom is -0.449 e. The lowest BCUT2D eigenvalue weighted by Crippen LogP contribution is -2.31. The van der Waals surface area contributed by atoms with Gasteiger partial charge in [0.2, 0.25) is 0 Å². The third-order valence-corrected chi connectivity index (χ3v) is 3.06. The van der Waals surface area contributed by atoms with Gasteiger partial charge in [-0.05, 0) is 26.0 Å². The van der Waals surface area contributed by atoms with Gasteiger partial charge in [-0.1, -0.05) is 12.1 Å². The molecule has 0 saturated heterocycles. The van der Waals surface area contributed by atoms with E-state index in [-0.39, 0.29) is 16.9 Å². The van der Waals surface area contributed by atoms with E-state index in [4.69, 9.17) is 0 Å². The summed E-state index contributed by atoms with van der Waals surface area (Å²) in [7, 11) is 0. The van der Waals surface area contributed by atoms with Crippen LogP contribution in [0.2, 0.25) is 0 Å². The average Bonchev–Trinajstić information content (AvgIpc) is 2.80. The molecule has 1 heterocycles. The van der Waals surface area contributed by atoms with Crippen molar-refractivity contribution in [2.75, 3.05) is 0 Å². The number of ether oxygens (including phenoxy) is 1. The largest absolute Gasteiger partial charge is 0.449 e. The minimum absolute atomic E-state index is 0.0860. The number of alkyl halides is 3. The van der Waals surface area contributed by atoms with E-state index >= 15 is 0 Å². The van der Waals surface area contributed by atoms with E-state index < -0.39 is 24.1 Å². The van der Waals surface area contributed by atoms with Crippen molar-refractivity contribution in [2.45, 2.75) is 26.1 Å². The summed E-state index contributed by atoms with van der Waals surface area (Å²) in [5.74, 6) is -1.73. The van der Waals surface area contributed by atoms with E-state index in [1.54, 1.807) is 6.07 Å². The highest BCUT2D eigenvalue weighted by atomic mass is 19.4. The summed E-state index contributed by atoms with van der Waals surface area (Å²) in [6, 6.07) is 5.70. The molecule has 0 bridgehead atoms. The van der Waals surface area contributed by atoms with Crippen LogP contribution in [0.1, 0.15) is 23.0 Å². The molecule has 0 fully saturated rings. The van der Waals surface area contributed by atoms with Crippen LogP contribution in [-0.2, 0) is 4.74 Å². The van der Waals surface area contributed by atoms with E-state index in [2.05, 4.69) is 9.84 Å². The zero-order chi connectivity index (χ0) is 16.5. The molecule has 0 N–H and O–H groups in total. The van der Waals surface area contributed by atoms with Crippen molar-refractivity contribution in [1.29, 1.82) is 0 Å². The van der Waals surface area contributed by atoms with Crippen LogP contribution < -0.4 is 0 Å². The maximum absolute atomic E-state index is 13.7. The van der Waals surface area contributed by atoms with Crippen LogP contribution in [0.5, 0.6) is 0 Å². The second-order valence-electron chi connectivity index (χ2n) is 4.60. The van der Waals surface area contributed by atoms with Crippen molar-refractivity contribution in [1.82, 2.24) is 9.78 Å². The van der Waals surface area contributed by atoms with Crippen molar-refractivity contribution < 1.29 is 27.1 Å². The van der Waals surface area contributed by atoms with Gasteiger partial charge in [0.15, 0.2) is 6.10 Å². The van der Waals surface area contributed by atoms with E-state index in [1.165, 1.54) is 25.1 Å². The van der Waals surface area contributed by atoms with E-state index in [1.807, 2.05) is 0 Å². The highest BCUT2D eigenvalue weighted by Gasteiger charge is 2.39. The maximum Gasteiger partial charge on any atom is 0.425 e. The predicted octanol–water partition coefficient (Wildman–Crippen LogP) is 3.43. The van der Waals surface area contributed by atoms with Crippen LogP contribution in [0.25, 0.3) is 5.69 Å². The number of para-hydroxylation sites is 1. The highest BCUT2D eigenvalue weighted by molar-refractivity contribution is 5.90. The summed E-state index contributed by atoms with van der Waals surface area (Å²) in [6.07, 6.45) is -5.84. The summed E-state index contributed by atoms with van der Waals surface area (Å²) in [5, 5.41) is 3.83. The van der Waals surface area contributed by atoms with Crippen LogP contribution >= 0.6 is 0 Å². The van der Waals surface area contributed by atoms with Gasteiger partial charge in [-0.25, -0.2) is 13.9 Å². The summed E-state index contributed by atoms with van der Waals surface area (Å²) < 4.78 is 56.4. The average molecular weight is 316 g/mol. The zero-order valence-electron chi connectivity index (χ0n) is 11.7. The molecule has 1 aromatic carbocycles. The van der Waals surface area contributed by atoms with Crippen LogP contribution in [0, 0.1) is 12.7 Å². The second kappa shape index (κ2) is 5.78. The van der Waals surface area contributed by atoms with Crippen molar-refractivity contribution >= 4 is 5.97 Å². The lowest BCUT2D eigenvalue weighted by molar-refractivity contribution is -0.198. The Morgan fingerprint density at radius 3 is 2.55 bits per heavy atom. The molecule has 0 radical (unpaired) electrons. The Bertz CT molecular complexity index is 694. The molecule has 118 valence electrons. The molecule has 0 spiro atoms. The first kappa shape index (κ1) is 16.0. The van der Waals surface area contributed by atoms with E-state index in [9.17, 15) is 22.4 Å². The fourth-order valence-electron chi connectivity index (χ4n) is 1.77. The highest BCUT2D eigenvalue weighted by Crippen LogP contribution is 2.24. The third-order valence-electron chi connectivity index (χ3n) is 3.06. The number of rotatable bonds is 3. The van der Waals surface area contributed by atoms with Crippen molar-refractivity contribution in [3.63, 3.8) is 0 Å². The van der Waals surface area contributed by atoms with Gasteiger partial charge in [0.05, 0.1) is 11.9 Å². The predicted molar refractivity (Wildman–Crippen MR) is 69.2 cm³/mol. The van der Waals surface area contributed by atoms with Gasteiger partial charge in [0.25, 0.3) is 0 Å². The molecule has 1 atom stereocenters. The van der Waals surface area contributed by atoms with Crippen LogP contribution in [0.15, 0.2) is 30.5 Å². The number of esters is 1. The molecule has 2 aromatic rings. The number of halogens is 4. The second-order valence-corrected chi connectivity index (χ2v) is 4.60. The van der Waals surface area contributed by atoms with E-state index in [0.717, 1.165) is 17.8 Å². The quantitative estimate of drug-likeness (QED) is 0.644. The molecule has 1 unspecified atom stereocenters. The summed E-state index contributed by atoms with van der Waals surface area (Å²) in [4.78, 5) is 11.8. The molecular weight excluding hydrogens is 304 g/mol. The number of nitrogens with zero attached hydrogens (tertiary/aromatic N) is 2. The molecular formula is C14H12F4N2O2. The van der Waals surface area contributed by atoms with Crippen molar-refractivity contribution in [2.24, 2.45) is 0 Å². The Kier molecular flexibility index (Phi) is 4.20. The smallest absolute Gasteiger partial charge is 0.425 e. The van der Waals surface area contributed by atoms with Gasteiger partial charge in [0, 0.05) is 0 Å². The molecule has 8 heteroatoms. The lowest BCUT2D eigenvalue weighted by atomic mass is 10.2. The molecule has 0 amide bonds. The summed E-state index contributed by atoms with van der Waals surface area (Å²) in [6.45, 7) is 2.17. The summed E-state index contributed by atoms with van der Waals surface area (Å²) >= 11 is 0. The Morgan fingerprint density at radius 2 is 1.95 bits per heavy atom. The monoisotopic (exact) mass is 316 g/mol. The molecule has 22 heavy (non-hydrogen) atoms. The molecule has 0 aliphatic carbocycles. The van der Waals surface area contributed by atoms with Gasteiger partial charge in [-0.15, -0.1) is 0 Å². The van der Waals surface area contributed by atoms with Crippen LogP contribution in [0.3, 0.4) is 0 Å². The third kappa shape index (κ3) is 3.10. The first-order valence-corrected chi connectivity index (χ1v) is 6.29. The number of aromatic nitrogens is 2. The first-order chi connectivity index (χ1) is 10.2. The standard InChI is InChI=1S/C14H12F4N2O2/c1-8-10(13(21)22-9(2)14(16,17)18)7-19-20(8)12-6-4-3-5-11(12)15/h3-7,9H,1-2H3. The number of carbonyl (C=O) groups is 1. The van der Waals surface area contributed by atoms with Crippen LogP contribution in [0.4, 0.5) is 17.6 Å². The lowest BCUT2D eigenvalue weighted by Gasteiger charge is -2.16.